The second-order valence-corrected chi connectivity index (χ2v) is 3.89. The first-order chi connectivity index (χ1) is 6.33. The molecule has 0 radical (unpaired) electrons. The van der Waals surface area contributed by atoms with Crippen LogP contribution in [0.1, 0.15) is 31.2 Å². The lowest BCUT2D eigenvalue weighted by molar-refractivity contribution is 0.145. The summed E-state index contributed by atoms with van der Waals surface area (Å²) >= 11 is 0. The van der Waals surface area contributed by atoms with E-state index in [0.717, 1.165) is 6.42 Å². The number of aliphatic hydroxyl groups is 1. The maximum atomic E-state index is 9.63. The van der Waals surface area contributed by atoms with Crippen LogP contribution in [0, 0.1) is 5.92 Å². The average Bonchev–Trinajstić information content (AvgIpc) is 2.98. The minimum absolute atomic E-state index is 0.0924. The van der Waals surface area contributed by atoms with Crippen molar-refractivity contribution in [3.8, 4) is 0 Å². The number of hydrogen-bond donors (Lipinski definition) is 1. The van der Waals surface area contributed by atoms with Crippen molar-refractivity contribution >= 4 is 0 Å². The summed E-state index contributed by atoms with van der Waals surface area (Å²) < 4.78 is 0. The van der Waals surface area contributed by atoms with Gasteiger partial charge in [-0.25, -0.2) is 0 Å². The Bertz CT molecular complexity index is 268. The topological polar surface area (TPSA) is 20.2 Å². The Morgan fingerprint density at radius 1 is 1.38 bits per heavy atom. The molecule has 1 N–H and O–H groups in total. The third-order valence-electron chi connectivity index (χ3n) is 2.98. The molecule has 0 unspecified atom stereocenters. The summed E-state index contributed by atoms with van der Waals surface area (Å²) in [7, 11) is 0. The fourth-order valence-electron chi connectivity index (χ4n) is 2.03. The summed E-state index contributed by atoms with van der Waals surface area (Å²) in [4.78, 5) is 0. The van der Waals surface area contributed by atoms with Gasteiger partial charge in [0.1, 0.15) is 0 Å². The van der Waals surface area contributed by atoms with Crippen molar-refractivity contribution < 1.29 is 5.11 Å². The van der Waals surface area contributed by atoms with Crippen molar-refractivity contribution in [1.29, 1.82) is 0 Å². The monoisotopic (exact) mass is 176 g/mol. The Hall–Kier alpha value is -0.820. The molecule has 1 aliphatic rings. The van der Waals surface area contributed by atoms with Crippen LogP contribution in [0.3, 0.4) is 0 Å². The Labute approximate surface area is 79.4 Å². The fraction of sp³-hybridized carbons (Fsp3) is 0.500. The SMILES string of the molecule is CC[C@@H](O)[C@H]1C[C@@H]1c1ccccc1. The molecule has 1 saturated carbocycles. The van der Waals surface area contributed by atoms with Crippen LogP contribution >= 0.6 is 0 Å². The van der Waals surface area contributed by atoms with E-state index in [4.69, 9.17) is 0 Å². The molecule has 1 aromatic carbocycles. The first-order valence-corrected chi connectivity index (χ1v) is 5.06. The Morgan fingerprint density at radius 3 is 2.69 bits per heavy atom. The van der Waals surface area contributed by atoms with Gasteiger partial charge < -0.3 is 5.11 Å². The third kappa shape index (κ3) is 1.75. The molecule has 70 valence electrons. The molecule has 2 rings (SSSR count). The highest BCUT2D eigenvalue weighted by atomic mass is 16.3. The zero-order valence-electron chi connectivity index (χ0n) is 7.98. The maximum absolute atomic E-state index is 9.63. The first-order valence-electron chi connectivity index (χ1n) is 5.06. The van der Waals surface area contributed by atoms with Gasteiger partial charge in [0.2, 0.25) is 0 Å². The van der Waals surface area contributed by atoms with E-state index in [0.29, 0.717) is 11.8 Å². The number of hydrogen-bond acceptors (Lipinski definition) is 1. The largest absolute Gasteiger partial charge is 0.393 e. The van der Waals surface area contributed by atoms with Gasteiger partial charge in [0, 0.05) is 0 Å². The lowest BCUT2D eigenvalue weighted by atomic mass is 10.1. The summed E-state index contributed by atoms with van der Waals surface area (Å²) in [5, 5.41) is 9.63. The first kappa shape index (κ1) is 8.76. The zero-order chi connectivity index (χ0) is 9.26. The normalized spacial score (nSPS) is 28.5. The molecule has 1 heteroatoms. The van der Waals surface area contributed by atoms with E-state index in [2.05, 4.69) is 24.3 Å². The van der Waals surface area contributed by atoms with Gasteiger partial charge in [-0.05, 0) is 30.2 Å². The van der Waals surface area contributed by atoms with Crippen LogP contribution < -0.4 is 0 Å². The molecule has 0 heterocycles. The fourth-order valence-corrected chi connectivity index (χ4v) is 2.03. The van der Waals surface area contributed by atoms with Gasteiger partial charge in [0.25, 0.3) is 0 Å². The van der Waals surface area contributed by atoms with Crippen molar-refractivity contribution in [3.63, 3.8) is 0 Å². The van der Waals surface area contributed by atoms with Crippen LogP contribution in [0.15, 0.2) is 30.3 Å². The number of benzene rings is 1. The van der Waals surface area contributed by atoms with Crippen LogP contribution in [-0.2, 0) is 0 Å². The zero-order valence-corrected chi connectivity index (χ0v) is 7.98. The predicted octanol–water partition coefficient (Wildman–Crippen LogP) is 2.56. The lowest BCUT2D eigenvalue weighted by Gasteiger charge is -2.06. The summed E-state index contributed by atoms with van der Waals surface area (Å²) in [6.07, 6.45) is 1.96. The average molecular weight is 176 g/mol. The van der Waals surface area contributed by atoms with Gasteiger partial charge in [-0.15, -0.1) is 0 Å². The summed E-state index contributed by atoms with van der Waals surface area (Å²) in [5.74, 6) is 1.14. The quantitative estimate of drug-likeness (QED) is 0.750. The van der Waals surface area contributed by atoms with Gasteiger partial charge in [0.15, 0.2) is 0 Å². The molecule has 1 fully saturated rings. The Balaban J connectivity index is 2.00. The number of aliphatic hydroxyl groups excluding tert-OH is 1. The van der Waals surface area contributed by atoms with Crippen molar-refractivity contribution in [2.24, 2.45) is 5.92 Å². The molecule has 3 atom stereocenters. The van der Waals surface area contributed by atoms with Gasteiger partial charge in [0.05, 0.1) is 6.10 Å². The highest BCUT2D eigenvalue weighted by Crippen LogP contribution is 2.49. The number of rotatable bonds is 3. The smallest absolute Gasteiger partial charge is 0.0571 e. The van der Waals surface area contributed by atoms with E-state index in [1.54, 1.807) is 0 Å². The predicted molar refractivity (Wildman–Crippen MR) is 53.6 cm³/mol. The standard InChI is InChI=1S/C12H16O/c1-2-12(13)11-8-10(11)9-6-4-3-5-7-9/h3-7,10-13H,2,8H2,1H3/t10-,11+,12-/m1/s1. The molecular formula is C12H16O. The minimum Gasteiger partial charge on any atom is -0.393 e. The molecule has 0 amide bonds. The van der Waals surface area contributed by atoms with Crippen LogP contribution in [0.5, 0.6) is 0 Å². The highest BCUT2D eigenvalue weighted by Gasteiger charge is 2.42. The molecule has 1 nitrogen and oxygen atoms in total. The van der Waals surface area contributed by atoms with E-state index >= 15 is 0 Å². The van der Waals surface area contributed by atoms with Gasteiger partial charge >= 0.3 is 0 Å². The molecule has 0 aliphatic heterocycles. The van der Waals surface area contributed by atoms with Crippen molar-refractivity contribution in [3.05, 3.63) is 35.9 Å². The van der Waals surface area contributed by atoms with Crippen molar-refractivity contribution in [2.45, 2.75) is 31.8 Å². The molecule has 0 bridgehead atoms. The van der Waals surface area contributed by atoms with Gasteiger partial charge in [-0.2, -0.15) is 0 Å². The van der Waals surface area contributed by atoms with Gasteiger partial charge in [-0.1, -0.05) is 37.3 Å². The van der Waals surface area contributed by atoms with Gasteiger partial charge in [-0.3, -0.25) is 0 Å². The van der Waals surface area contributed by atoms with Crippen LogP contribution in [-0.4, -0.2) is 11.2 Å². The molecular weight excluding hydrogens is 160 g/mol. The summed E-state index contributed by atoms with van der Waals surface area (Å²) in [6.45, 7) is 2.05. The van der Waals surface area contributed by atoms with E-state index in [1.165, 1.54) is 12.0 Å². The summed E-state index contributed by atoms with van der Waals surface area (Å²) in [5.41, 5.74) is 1.39. The molecule has 1 aromatic rings. The molecule has 1 aliphatic carbocycles. The molecule has 0 aromatic heterocycles. The van der Waals surface area contributed by atoms with Crippen molar-refractivity contribution in [1.82, 2.24) is 0 Å². The van der Waals surface area contributed by atoms with Crippen molar-refractivity contribution in [2.75, 3.05) is 0 Å². The van der Waals surface area contributed by atoms with Crippen LogP contribution in [0.2, 0.25) is 0 Å². The second kappa shape index (κ2) is 3.51. The van der Waals surface area contributed by atoms with E-state index in [-0.39, 0.29) is 6.10 Å². The van der Waals surface area contributed by atoms with E-state index in [1.807, 2.05) is 13.0 Å². The second-order valence-electron chi connectivity index (χ2n) is 3.89. The molecule has 13 heavy (non-hydrogen) atoms. The van der Waals surface area contributed by atoms with E-state index < -0.39 is 0 Å². The Morgan fingerprint density at radius 2 is 2.08 bits per heavy atom. The Kier molecular flexibility index (Phi) is 2.36. The minimum atomic E-state index is -0.0924. The van der Waals surface area contributed by atoms with Crippen LogP contribution in [0.25, 0.3) is 0 Å². The third-order valence-corrected chi connectivity index (χ3v) is 2.98. The molecule has 0 saturated heterocycles. The maximum Gasteiger partial charge on any atom is 0.0571 e. The lowest BCUT2D eigenvalue weighted by Crippen LogP contribution is -2.07. The van der Waals surface area contributed by atoms with E-state index in [9.17, 15) is 5.11 Å². The highest BCUT2D eigenvalue weighted by molar-refractivity contribution is 5.26. The molecule has 0 spiro atoms. The van der Waals surface area contributed by atoms with Crippen LogP contribution in [0.4, 0.5) is 0 Å². The summed E-state index contributed by atoms with van der Waals surface area (Å²) in [6, 6.07) is 10.5.